The zero-order chi connectivity index (χ0) is 9.26. The summed E-state index contributed by atoms with van der Waals surface area (Å²) in [5.41, 5.74) is 6.58. The Kier molecular flexibility index (Phi) is 2.01. The van der Waals surface area contributed by atoms with Gasteiger partial charge in [-0.1, -0.05) is 18.2 Å². The van der Waals surface area contributed by atoms with Crippen LogP contribution >= 0.6 is 11.3 Å². The molecule has 0 fully saturated rings. The fourth-order valence-corrected chi connectivity index (χ4v) is 2.31. The van der Waals surface area contributed by atoms with Crippen LogP contribution in [0.2, 0.25) is 0 Å². The first-order chi connectivity index (χ1) is 6.33. The van der Waals surface area contributed by atoms with Crippen molar-refractivity contribution < 1.29 is 0 Å². The lowest BCUT2D eigenvalue weighted by Gasteiger charge is -1.99. The smallest absolute Gasteiger partial charge is 0.120 e. The Morgan fingerprint density at radius 3 is 2.92 bits per heavy atom. The number of rotatable bonds is 1. The summed E-state index contributed by atoms with van der Waals surface area (Å²) in [5, 5.41) is 11.8. The van der Waals surface area contributed by atoms with Crippen LogP contribution in [0.25, 0.3) is 10.1 Å². The molecule has 0 radical (unpaired) electrons. The molecule has 0 bridgehead atoms. The Hall–Kier alpha value is -1.37. The summed E-state index contributed by atoms with van der Waals surface area (Å²) in [6, 6.07) is 9.52. The van der Waals surface area contributed by atoms with Gasteiger partial charge in [-0.3, -0.25) is 0 Å². The van der Waals surface area contributed by atoms with Gasteiger partial charge in [-0.25, -0.2) is 0 Å². The second-order valence-electron chi connectivity index (χ2n) is 2.79. The third kappa shape index (κ3) is 1.31. The Morgan fingerprint density at radius 2 is 2.15 bits per heavy atom. The topological polar surface area (TPSA) is 49.8 Å². The highest BCUT2D eigenvalue weighted by Crippen LogP contribution is 2.28. The monoisotopic (exact) mass is 188 g/mol. The van der Waals surface area contributed by atoms with Gasteiger partial charge in [-0.2, -0.15) is 5.26 Å². The SMILES string of the molecule is N#C[C@@H](N)c1csc2ccccc12. The first-order valence-electron chi connectivity index (χ1n) is 3.94. The van der Waals surface area contributed by atoms with Gasteiger partial charge in [0.15, 0.2) is 0 Å². The lowest BCUT2D eigenvalue weighted by Crippen LogP contribution is -2.05. The van der Waals surface area contributed by atoms with Crippen LogP contribution in [0, 0.1) is 11.3 Å². The third-order valence-corrected chi connectivity index (χ3v) is 2.97. The highest BCUT2D eigenvalue weighted by atomic mass is 32.1. The zero-order valence-electron chi connectivity index (χ0n) is 6.90. The molecule has 0 unspecified atom stereocenters. The highest BCUT2D eigenvalue weighted by molar-refractivity contribution is 7.17. The van der Waals surface area contributed by atoms with Gasteiger partial charge >= 0.3 is 0 Å². The van der Waals surface area contributed by atoms with Crippen LogP contribution < -0.4 is 5.73 Å². The minimum absolute atomic E-state index is 0.504. The number of nitrogens with two attached hydrogens (primary N) is 1. The molecule has 0 aliphatic carbocycles. The normalized spacial score (nSPS) is 12.6. The van der Waals surface area contributed by atoms with Crippen molar-refractivity contribution in [1.29, 1.82) is 5.26 Å². The van der Waals surface area contributed by atoms with Crippen molar-refractivity contribution in [2.75, 3.05) is 0 Å². The molecule has 1 heterocycles. The second-order valence-corrected chi connectivity index (χ2v) is 3.71. The van der Waals surface area contributed by atoms with E-state index >= 15 is 0 Å². The Balaban J connectivity index is 2.66. The summed E-state index contributed by atoms with van der Waals surface area (Å²) in [4.78, 5) is 0. The molecule has 0 spiro atoms. The predicted molar refractivity (Wildman–Crippen MR) is 54.4 cm³/mol. The molecule has 64 valence electrons. The molecule has 2 aromatic rings. The van der Waals surface area contributed by atoms with Crippen LogP contribution in [0.3, 0.4) is 0 Å². The van der Waals surface area contributed by atoms with Gasteiger partial charge in [-0.05, 0) is 16.8 Å². The molecular weight excluding hydrogens is 180 g/mol. The summed E-state index contributed by atoms with van der Waals surface area (Å²) in [5.74, 6) is 0. The van der Waals surface area contributed by atoms with Crippen LogP contribution in [0.5, 0.6) is 0 Å². The van der Waals surface area contributed by atoms with E-state index in [4.69, 9.17) is 11.0 Å². The number of hydrogen-bond acceptors (Lipinski definition) is 3. The first kappa shape index (κ1) is 8.24. The minimum Gasteiger partial charge on any atom is -0.312 e. The van der Waals surface area contributed by atoms with Gasteiger partial charge in [0.1, 0.15) is 6.04 Å². The maximum Gasteiger partial charge on any atom is 0.120 e. The van der Waals surface area contributed by atoms with E-state index in [1.807, 2.05) is 35.7 Å². The number of nitrogens with zero attached hydrogens (tertiary/aromatic N) is 1. The van der Waals surface area contributed by atoms with E-state index in [-0.39, 0.29) is 0 Å². The van der Waals surface area contributed by atoms with Crippen molar-refractivity contribution in [2.45, 2.75) is 6.04 Å². The van der Waals surface area contributed by atoms with Crippen molar-refractivity contribution in [2.24, 2.45) is 5.73 Å². The molecule has 0 aliphatic rings. The molecule has 13 heavy (non-hydrogen) atoms. The molecule has 0 saturated carbocycles. The lowest BCUT2D eigenvalue weighted by atomic mass is 10.1. The van der Waals surface area contributed by atoms with Crippen molar-refractivity contribution in [3.63, 3.8) is 0 Å². The largest absolute Gasteiger partial charge is 0.312 e. The lowest BCUT2D eigenvalue weighted by molar-refractivity contribution is 0.942. The molecule has 2 nitrogen and oxygen atoms in total. The molecule has 2 N–H and O–H groups in total. The molecule has 0 aliphatic heterocycles. The van der Waals surface area contributed by atoms with Crippen LogP contribution in [-0.4, -0.2) is 0 Å². The number of hydrogen-bond donors (Lipinski definition) is 1. The number of benzene rings is 1. The van der Waals surface area contributed by atoms with Crippen LogP contribution in [-0.2, 0) is 0 Å². The van der Waals surface area contributed by atoms with E-state index < -0.39 is 6.04 Å². The second kappa shape index (κ2) is 3.17. The van der Waals surface area contributed by atoms with E-state index in [9.17, 15) is 0 Å². The number of fused-ring (bicyclic) bond motifs is 1. The van der Waals surface area contributed by atoms with Gasteiger partial charge in [0.2, 0.25) is 0 Å². The molecule has 1 aromatic heterocycles. The maximum absolute atomic E-state index is 8.70. The van der Waals surface area contributed by atoms with E-state index in [1.165, 1.54) is 4.70 Å². The summed E-state index contributed by atoms with van der Waals surface area (Å²) >= 11 is 1.63. The summed E-state index contributed by atoms with van der Waals surface area (Å²) < 4.78 is 1.18. The van der Waals surface area contributed by atoms with Gasteiger partial charge in [-0.15, -0.1) is 11.3 Å². The van der Waals surface area contributed by atoms with Crippen molar-refractivity contribution in [3.8, 4) is 6.07 Å². The highest BCUT2D eigenvalue weighted by Gasteiger charge is 2.09. The van der Waals surface area contributed by atoms with Crippen LogP contribution in [0.1, 0.15) is 11.6 Å². The maximum atomic E-state index is 8.70. The van der Waals surface area contributed by atoms with E-state index in [1.54, 1.807) is 11.3 Å². The summed E-state index contributed by atoms with van der Waals surface area (Å²) in [7, 11) is 0. The fraction of sp³-hybridized carbons (Fsp3) is 0.100. The van der Waals surface area contributed by atoms with Gasteiger partial charge in [0.25, 0.3) is 0 Å². The zero-order valence-corrected chi connectivity index (χ0v) is 7.71. The van der Waals surface area contributed by atoms with Crippen LogP contribution in [0.15, 0.2) is 29.6 Å². The molecule has 2 rings (SSSR count). The molecule has 3 heteroatoms. The fourth-order valence-electron chi connectivity index (χ4n) is 1.31. The third-order valence-electron chi connectivity index (χ3n) is 1.99. The van der Waals surface area contributed by atoms with Gasteiger partial charge in [0.05, 0.1) is 6.07 Å². The Labute approximate surface area is 80.2 Å². The first-order valence-corrected chi connectivity index (χ1v) is 4.82. The molecular formula is C10H8N2S. The van der Waals surface area contributed by atoms with E-state index in [2.05, 4.69) is 0 Å². The molecule has 0 amide bonds. The Morgan fingerprint density at radius 1 is 1.38 bits per heavy atom. The number of thiophene rings is 1. The van der Waals surface area contributed by atoms with Crippen molar-refractivity contribution in [3.05, 3.63) is 35.2 Å². The Bertz CT molecular complexity index is 467. The van der Waals surface area contributed by atoms with Gasteiger partial charge in [0, 0.05) is 10.3 Å². The molecule has 1 atom stereocenters. The van der Waals surface area contributed by atoms with E-state index in [0.29, 0.717) is 0 Å². The summed E-state index contributed by atoms with van der Waals surface area (Å²) in [6.07, 6.45) is 0. The van der Waals surface area contributed by atoms with Crippen molar-refractivity contribution in [1.82, 2.24) is 0 Å². The predicted octanol–water partition coefficient (Wildman–Crippen LogP) is 2.42. The van der Waals surface area contributed by atoms with Gasteiger partial charge < -0.3 is 5.73 Å². The average Bonchev–Trinajstić information content (AvgIpc) is 2.60. The quantitative estimate of drug-likeness (QED) is 0.747. The standard InChI is InChI=1S/C10H8N2S/c11-5-9(12)8-6-13-10-4-2-1-3-7(8)10/h1-4,6,9H,12H2/t9-/m1/s1. The van der Waals surface area contributed by atoms with E-state index in [0.717, 1.165) is 10.9 Å². The average molecular weight is 188 g/mol. The molecule has 0 saturated heterocycles. The summed E-state index contributed by atoms with van der Waals surface area (Å²) in [6.45, 7) is 0. The van der Waals surface area contributed by atoms with Crippen molar-refractivity contribution >= 4 is 21.4 Å². The number of nitriles is 1. The van der Waals surface area contributed by atoms with Crippen LogP contribution in [0.4, 0.5) is 0 Å². The molecule has 1 aromatic carbocycles. The minimum atomic E-state index is -0.504.